The Bertz CT molecular complexity index is 987. The number of hydrogen-bond donors (Lipinski definition) is 1. The third-order valence-electron chi connectivity index (χ3n) is 3.41. The molecular formula is C19H13ClN4OS. The van der Waals surface area contributed by atoms with E-state index < -0.39 is 0 Å². The molecule has 0 aliphatic rings. The highest BCUT2D eigenvalue weighted by atomic mass is 35.5. The van der Waals surface area contributed by atoms with Crippen LogP contribution in [0.4, 0.5) is 5.69 Å². The monoisotopic (exact) mass is 380 g/mol. The average Bonchev–Trinajstić information content (AvgIpc) is 2.67. The molecule has 0 aliphatic carbocycles. The van der Waals surface area contributed by atoms with Gasteiger partial charge in [0.1, 0.15) is 16.8 Å². The Labute approximate surface area is 160 Å². The molecule has 3 aromatic rings. The van der Waals surface area contributed by atoms with Crippen LogP contribution in [0.5, 0.6) is 0 Å². The van der Waals surface area contributed by atoms with Crippen LogP contribution in [0.2, 0.25) is 5.02 Å². The summed E-state index contributed by atoms with van der Waals surface area (Å²) in [6.07, 6.45) is 3.24. The van der Waals surface area contributed by atoms with Crippen LogP contribution in [0.25, 0.3) is 0 Å². The van der Waals surface area contributed by atoms with Gasteiger partial charge >= 0.3 is 0 Å². The lowest BCUT2D eigenvalue weighted by atomic mass is 10.2. The Morgan fingerprint density at radius 1 is 1.15 bits per heavy atom. The lowest BCUT2D eigenvalue weighted by molar-refractivity contribution is 0.102. The second kappa shape index (κ2) is 8.48. The van der Waals surface area contributed by atoms with Gasteiger partial charge in [-0.2, -0.15) is 5.26 Å². The van der Waals surface area contributed by atoms with E-state index in [-0.39, 0.29) is 5.91 Å². The van der Waals surface area contributed by atoms with Crippen LogP contribution in [0.1, 0.15) is 21.6 Å². The molecule has 0 unspecified atom stereocenters. The molecule has 0 atom stereocenters. The van der Waals surface area contributed by atoms with Crippen LogP contribution in [-0.4, -0.2) is 15.9 Å². The van der Waals surface area contributed by atoms with E-state index >= 15 is 0 Å². The van der Waals surface area contributed by atoms with Crippen molar-refractivity contribution in [3.63, 3.8) is 0 Å². The van der Waals surface area contributed by atoms with E-state index in [2.05, 4.69) is 15.3 Å². The Morgan fingerprint density at radius 3 is 2.85 bits per heavy atom. The third-order valence-corrected chi connectivity index (χ3v) is 4.72. The van der Waals surface area contributed by atoms with Crippen LogP contribution >= 0.6 is 23.4 Å². The van der Waals surface area contributed by atoms with E-state index in [1.165, 1.54) is 11.8 Å². The Morgan fingerprint density at radius 2 is 2.04 bits per heavy atom. The minimum absolute atomic E-state index is 0.254. The van der Waals surface area contributed by atoms with Crippen LogP contribution < -0.4 is 5.32 Å². The maximum atomic E-state index is 12.6. The molecule has 0 fully saturated rings. The Hall–Kier alpha value is -2.88. The lowest BCUT2D eigenvalue weighted by Gasteiger charge is -2.09. The van der Waals surface area contributed by atoms with Crippen molar-refractivity contribution in [1.82, 2.24) is 9.97 Å². The molecule has 3 rings (SSSR count). The predicted molar refractivity (Wildman–Crippen MR) is 102 cm³/mol. The van der Waals surface area contributed by atoms with E-state index in [1.807, 2.05) is 12.1 Å². The first-order valence-electron chi connectivity index (χ1n) is 7.65. The number of anilines is 1. The van der Waals surface area contributed by atoms with Gasteiger partial charge in [-0.25, -0.2) is 9.97 Å². The van der Waals surface area contributed by atoms with Crippen molar-refractivity contribution in [2.45, 2.75) is 10.8 Å². The highest BCUT2D eigenvalue weighted by Gasteiger charge is 2.13. The number of carbonyl (C=O) groups excluding carboxylic acids is 1. The zero-order chi connectivity index (χ0) is 18.4. The number of thioether (sulfide) groups is 1. The Kier molecular flexibility index (Phi) is 5.84. The average molecular weight is 381 g/mol. The van der Waals surface area contributed by atoms with E-state index in [0.717, 1.165) is 5.56 Å². The topological polar surface area (TPSA) is 78.7 Å². The van der Waals surface area contributed by atoms with Gasteiger partial charge in [0.05, 0.1) is 5.56 Å². The van der Waals surface area contributed by atoms with Crippen molar-refractivity contribution < 1.29 is 4.79 Å². The molecule has 2 heterocycles. The summed E-state index contributed by atoms with van der Waals surface area (Å²) in [5.41, 5.74) is 2.40. The number of nitriles is 1. The largest absolute Gasteiger partial charge is 0.322 e. The summed E-state index contributed by atoms with van der Waals surface area (Å²) >= 11 is 7.38. The summed E-state index contributed by atoms with van der Waals surface area (Å²) in [6.45, 7) is 0. The highest BCUT2D eigenvalue weighted by molar-refractivity contribution is 7.98. The Balaban J connectivity index is 1.75. The standard InChI is InChI=1S/C19H13ClN4OS/c20-14-3-1-4-15(10-14)24-18(25)17-5-2-7-23-19(17)26-12-13-6-8-22-16(9-13)11-21/h1-10H,12H2,(H,24,25). The summed E-state index contributed by atoms with van der Waals surface area (Å²) in [7, 11) is 0. The zero-order valence-corrected chi connectivity index (χ0v) is 15.1. The summed E-state index contributed by atoms with van der Waals surface area (Å²) in [4.78, 5) is 20.9. The SMILES string of the molecule is N#Cc1cc(CSc2ncccc2C(=O)Nc2cccc(Cl)c2)ccn1. The van der Waals surface area contributed by atoms with Gasteiger partial charge in [-0.1, -0.05) is 17.7 Å². The molecule has 5 nitrogen and oxygen atoms in total. The summed E-state index contributed by atoms with van der Waals surface area (Å²) in [5, 5.41) is 12.9. The van der Waals surface area contributed by atoms with E-state index in [4.69, 9.17) is 16.9 Å². The van der Waals surface area contributed by atoms with Gasteiger partial charge in [0.25, 0.3) is 5.91 Å². The van der Waals surface area contributed by atoms with E-state index in [9.17, 15) is 4.79 Å². The van der Waals surface area contributed by atoms with Gasteiger partial charge < -0.3 is 5.32 Å². The van der Waals surface area contributed by atoms with Gasteiger partial charge in [0, 0.05) is 28.9 Å². The van der Waals surface area contributed by atoms with Crippen molar-refractivity contribution in [3.8, 4) is 6.07 Å². The number of hydrogen-bond acceptors (Lipinski definition) is 5. The highest BCUT2D eigenvalue weighted by Crippen LogP contribution is 2.25. The molecule has 0 saturated heterocycles. The van der Waals surface area contributed by atoms with Gasteiger partial charge in [-0.05, 0) is 48.0 Å². The van der Waals surface area contributed by atoms with Crippen LogP contribution in [0, 0.1) is 11.3 Å². The number of aromatic nitrogens is 2. The number of halogens is 1. The zero-order valence-electron chi connectivity index (χ0n) is 13.5. The van der Waals surface area contributed by atoms with Crippen molar-refractivity contribution in [2.24, 2.45) is 0 Å². The molecule has 26 heavy (non-hydrogen) atoms. The minimum Gasteiger partial charge on any atom is -0.322 e. The van der Waals surface area contributed by atoms with E-state index in [1.54, 1.807) is 54.9 Å². The second-order valence-electron chi connectivity index (χ2n) is 5.27. The number of nitrogens with one attached hydrogen (secondary N) is 1. The van der Waals surface area contributed by atoms with Crippen molar-refractivity contribution >= 4 is 35.0 Å². The normalized spacial score (nSPS) is 10.2. The minimum atomic E-state index is -0.254. The summed E-state index contributed by atoms with van der Waals surface area (Å²) in [5.74, 6) is 0.321. The smallest absolute Gasteiger partial charge is 0.258 e. The lowest BCUT2D eigenvalue weighted by Crippen LogP contribution is -2.13. The fourth-order valence-corrected chi connectivity index (χ4v) is 3.35. The molecule has 0 saturated carbocycles. The number of nitrogens with zero attached hydrogens (tertiary/aromatic N) is 3. The third kappa shape index (κ3) is 4.60. The number of amides is 1. The van der Waals surface area contributed by atoms with Crippen molar-refractivity contribution in [2.75, 3.05) is 5.32 Å². The first kappa shape index (κ1) is 17.9. The molecule has 1 amide bonds. The fraction of sp³-hybridized carbons (Fsp3) is 0.0526. The number of rotatable bonds is 5. The molecular weight excluding hydrogens is 368 g/mol. The molecule has 7 heteroatoms. The molecule has 0 bridgehead atoms. The number of pyridine rings is 2. The van der Waals surface area contributed by atoms with Gasteiger partial charge in [0.2, 0.25) is 0 Å². The molecule has 0 radical (unpaired) electrons. The van der Waals surface area contributed by atoms with Gasteiger partial charge in [0.15, 0.2) is 0 Å². The molecule has 2 aromatic heterocycles. The first-order chi connectivity index (χ1) is 12.7. The van der Waals surface area contributed by atoms with Gasteiger partial charge in [-0.3, -0.25) is 4.79 Å². The van der Waals surface area contributed by atoms with Crippen molar-refractivity contribution in [1.29, 1.82) is 5.26 Å². The summed E-state index contributed by atoms with van der Waals surface area (Å²) < 4.78 is 0. The molecule has 0 aliphatic heterocycles. The van der Waals surface area contributed by atoms with Crippen LogP contribution in [-0.2, 0) is 5.75 Å². The van der Waals surface area contributed by atoms with Crippen LogP contribution in [0.15, 0.2) is 66.0 Å². The van der Waals surface area contributed by atoms with Gasteiger partial charge in [-0.15, -0.1) is 11.8 Å². The van der Waals surface area contributed by atoms with Crippen molar-refractivity contribution in [3.05, 3.63) is 82.8 Å². The first-order valence-corrected chi connectivity index (χ1v) is 9.02. The van der Waals surface area contributed by atoms with Crippen LogP contribution in [0.3, 0.4) is 0 Å². The summed E-state index contributed by atoms with van der Waals surface area (Å²) in [6, 6.07) is 16.0. The van der Waals surface area contributed by atoms with E-state index in [0.29, 0.717) is 32.7 Å². The second-order valence-corrected chi connectivity index (χ2v) is 6.67. The molecule has 128 valence electrons. The number of carbonyl (C=O) groups is 1. The quantitative estimate of drug-likeness (QED) is 0.657. The number of benzene rings is 1. The molecule has 0 spiro atoms. The maximum absolute atomic E-state index is 12.6. The maximum Gasteiger partial charge on any atom is 0.258 e. The predicted octanol–water partition coefficient (Wildman–Crippen LogP) is 4.55. The molecule has 1 N–H and O–H groups in total. The molecule has 1 aromatic carbocycles. The fourth-order valence-electron chi connectivity index (χ4n) is 2.22.